The molecular formula is C16H8F2N2O3. The molecule has 0 bridgehead atoms. The van der Waals surface area contributed by atoms with Crippen LogP contribution in [0.3, 0.4) is 0 Å². The van der Waals surface area contributed by atoms with Gasteiger partial charge in [-0.1, -0.05) is 6.07 Å². The minimum absolute atomic E-state index is 0.0734. The molecule has 1 N–H and O–H groups in total. The zero-order chi connectivity index (χ0) is 16.7. The molecule has 1 unspecified atom stereocenters. The molecule has 1 aliphatic heterocycles. The summed E-state index contributed by atoms with van der Waals surface area (Å²) >= 11 is 0. The lowest BCUT2D eigenvalue weighted by atomic mass is 10.0. The van der Waals surface area contributed by atoms with Crippen molar-refractivity contribution in [2.45, 2.75) is 6.04 Å². The highest BCUT2D eigenvalue weighted by Crippen LogP contribution is 2.38. The molecule has 1 atom stereocenters. The zero-order valence-corrected chi connectivity index (χ0v) is 11.5. The second kappa shape index (κ2) is 5.18. The molecule has 7 heteroatoms. The largest absolute Gasteiger partial charge is 0.478 e. The lowest BCUT2D eigenvalue weighted by Gasteiger charge is -2.20. The van der Waals surface area contributed by atoms with E-state index in [0.717, 1.165) is 11.0 Å². The molecule has 0 saturated heterocycles. The van der Waals surface area contributed by atoms with Gasteiger partial charge in [-0.05, 0) is 24.3 Å². The molecule has 2 aromatic rings. The molecule has 3 rings (SSSR count). The molecule has 1 heterocycles. The van der Waals surface area contributed by atoms with E-state index in [9.17, 15) is 23.6 Å². The Morgan fingerprint density at radius 2 is 2.00 bits per heavy atom. The van der Waals surface area contributed by atoms with Crippen LogP contribution in [0.1, 0.15) is 32.3 Å². The van der Waals surface area contributed by atoms with Gasteiger partial charge in [0.2, 0.25) is 0 Å². The average Bonchev–Trinajstić information content (AvgIpc) is 2.79. The van der Waals surface area contributed by atoms with E-state index >= 15 is 0 Å². The van der Waals surface area contributed by atoms with E-state index in [1.54, 1.807) is 0 Å². The van der Waals surface area contributed by atoms with Crippen LogP contribution >= 0.6 is 0 Å². The van der Waals surface area contributed by atoms with Crippen LogP contribution in [0.4, 0.5) is 14.5 Å². The van der Waals surface area contributed by atoms with Gasteiger partial charge in [0.05, 0.1) is 17.2 Å². The number of carboxylic acids is 1. The fraction of sp³-hybridized carbons (Fsp3) is 0.0625. The number of halogens is 2. The number of fused-ring (bicyclic) bond motifs is 1. The van der Waals surface area contributed by atoms with Gasteiger partial charge in [0, 0.05) is 17.3 Å². The van der Waals surface area contributed by atoms with Gasteiger partial charge in [-0.25, -0.2) is 13.6 Å². The maximum Gasteiger partial charge on any atom is 0.335 e. The van der Waals surface area contributed by atoms with E-state index < -0.39 is 29.6 Å². The third kappa shape index (κ3) is 2.21. The monoisotopic (exact) mass is 314 g/mol. The first kappa shape index (κ1) is 14.7. The number of benzene rings is 2. The summed E-state index contributed by atoms with van der Waals surface area (Å²) in [5, 5.41) is 18.3. The summed E-state index contributed by atoms with van der Waals surface area (Å²) in [4.78, 5) is 24.4. The first-order valence-corrected chi connectivity index (χ1v) is 6.49. The summed E-state index contributed by atoms with van der Waals surface area (Å²) in [6, 6.07) is 7.45. The Balaban J connectivity index is 2.17. The highest BCUT2D eigenvalue weighted by atomic mass is 19.1. The van der Waals surface area contributed by atoms with Gasteiger partial charge in [-0.2, -0.15) is 5.26 Å². The third-order valence-electron chi connectivity index (χ3n) is 3.56. The van der Waals surface area contributed by atoms with Gasteiger partial charge in [0.1, 0.15) is 11.6 Å². The van der Waals surface area contributed by atoms with Gasteiger partial charge >= 0.3 is 5.97 Å². The quantitative estimate of drug-likeness (QED) is 0.924. The Morgan fingerprint density at radius 3 is 2.65 bits per heavy atom. The fourth-order valence-electron chi connectivity index (χ4n) is 2.59. The van der Waals surface area contributed by atoms with Crippen LogP contribution in [0.15, 0.2) is 36.4 Å². The standard InChI is InChI=1S/C16H8F2N2O3/c17-9-5-11-13(7-19)20(15(21)14(11)12(18)6-9)10-3-1-2-8(4-10)16(22)23/h1-6,13H,(H,22,23). The Hall–Kier alpha value is -3.27. The van der Waals surface area contributed by atoms with E-state index in [1.165, 1.54) is 24.3 Å². The van der Waals surface area contributed by atoms with Crippen molar-refractivity contribution in [3.63, 3.8) is 0 Å². The Kier molecular flexibility index (Phi) is 3.30. The molecule has 1 amide bonds. The predicted octanol–water partition coefficient (Wildman–Crippen LogP) is 2.89. The number of carbonyl (C=O) groups is 2. The number of anilines is 1. The van der Waals surface area contributed by atoms with Gasteiger partial charge in [0.15, 0.2) is 6.04 Å². The lowest BCUT2D eigenvalue weighted by Crippen LogP contribution is -2.27. The Labute approximate surface area is 129 Å². The minimum atomic E-state index is -1.23. The minimum Gasteiger partial charge on any atom is -0.478 e. The van der Waals surface area contributed by atoms with Crippen molar-refractivity contribution in [1.82, 2.24) is 0 Å². The molecule has 1 aliphatic rings. The number of carbonyl (C=O) groups excluding carboxylic acids is 1. The first-order valence-electron chi connectivity index (χ1n) is 6.49. The van der Waals surface area contributed by atoms with Crippen molar-refractivity contribution >= 4 is 17.6 Å². The summed E-state index contributed by atoms with van der Waals surface area (Å²) in [6.45, 7) is 0. The molecule has 2 aromatic carbocycles. The molecule has 23 heavy (non-hydrogen) atoms. The van der Waals surface area contributed by atoms with Crippen LogP contribution < -0.4 is 4.90 Å². The van der Waals surface area contributed by atoms with Gasteiger partial charge in [0.25, 0.3) is 5.91 Å². The summed E-state index contributed by atoms with van der Waals surface area (Å²) < 4.78 is 27.3. The summed E-state index contributed by atoms with van der Waals surface area (Å²) in [7, 11) is 0. The van der Waals surface area contributed by atoms with Crippen molar-refractivity contribution in [3.8, 4) is 6.07 Å². The van der Waals surface area contributed by atoms with Crippen LogP contribution in [-0.2, 0) is 0 Å². The van der Waals surface area contributed by atoms with Gasteiger partial charge in [-0.15, -0.1) is 0 Å². The number of nitriles is 1. The van der Waals surface area contributed by atoms with Crippen molar-refractivity contribution < 1.29 is 23.5 Å². The number of rotatable bonds is 2. The number of amides is 1. The normalized spacial score (nSPS) is 16.1. The highest BCUT2D eigenvalue weighted by Gasteiger charge is 2.40. The molecule has 5 nitrogen and oxygen atoms in total. The van der Waals surface area contributed by atoms with Crippen molar-refractivity contribution in [1.29, 1.82) is 5.26 Å². The molecule has 114 valence electrons. The van der Waals surface area contributed by atoms with Crippen LogP contribution in [0, 0.1) is 23.0 Å². The van der Waals surface area contributed by atoms with Crippen molar-refractivity contribution in [2.24, 2.45) is 0 Å². The molecule has 0 aliphatic carbocycles. The van der Waals surface area contributed by atoms with Crippen LogP contribution in [0.2, 0.25) is 0 Å². The average molecular weight is 314 g/mol. The van der Waals surface area contributed by atoms with Crippen LogP contribution in [0.5, 0.6) is 0 Å². The second-order valence-electron chi connectivity index (χ2n) is 4.91. The fourth-order valence-corrected chi connectivity index (χ4v) is 2.59. The maximum absolute atomic E-state index is 13.9. The molecule has 0 aromatic heterocycles. The van der Waals surface area contributed by atoms with Crippen molar-refractivity contribution in [3.05, 3.63) is 64.7 Å². The summed E-state index contributed by atoms with van der Waals surface area (Å²) in [5.74, 6) is -3.97. The Morgan fingerprint density at radius 1 is 1.26 bits per heavy atom. The van der Waals surface area contributed by atoms with Crippen molar-refractivity contribution in [2.75, 3.05) is 4.90 Å². The van der Waals surface area contributed by atoms with E-state index in [4.69, 9.17) is 5.11 Å². The van der Waals surface area contributed by atoms with Gasteiger partial charge < -0.3 is 5.11 Å². The molecule has 0 radical (unpaired) electrons. The Bertz CT molecular complexity index is 889. The van der Waals surface area contributed by atoms with Crippen LogP contribution in [-0.4, -0.2) is 17.0 Å². The van der Waals surface area contributed by atoms with Gasteiger partial charge in [-0.3, -0.25) is 9.69 Å². The SMILES string of the molecule is N#CC1c2cc(F)cc(F)c2C(=O)N1c1cccc(C(=O)O)c1. The molecule has 0 fully saturated rings. The van der Waals surface area contributed by atoms with E-state index in [0.29, 0.717) is 6.07 Å². The molecule has 0 spiro atoms. The highest BCUT2D eigenvalue weighted by molar-refractivity contribution is 6.12. The number of carboxylic acid groups (broad SMARTS) is 1. The zero-order valence-electron chi connectivity index (χ0n) is 11.5. The maximum atomic E-state index is 13.9. The summed E-state index contributed by atoms with van der Waals surface area (Å²) in [5.41, 5.74) is -0.415. The number of hydrogen-bond donors (Lipinski definition) is 1. The molecular weight excluding hydrogens is 306 g/mol. The van der Waals surface area contributed by atoms with E-state index in [2.05, 4.69) is 0 Å². The van der Waals surface area contributed by atoms with E-state index in [1.807, 2.05) is 6.07 Å². The first-order chi connectivity index (χ1) is 10.9. The smallest absolute Gasteiger partial charge is 0.335 e. The molecule has 0 saturated carbocycles. The van der Waals surface area contributed by atoms with Crippen LogP contribution in [0.25, 0.3) is 0 Å². The number of hydrogen-bond acceptors (Lipinski definition) is 3. The third-order valence-corrected chi connectivity index (χ3v) is 3.56. The lowest BCUT2D eigenvalue weighted by molar-refractivity contribution is 0.0696. The number of aromatic carboxylic acids is 1. The number of nitrogens with zero attached hydrogens (tertiary/aromatic N) is 2. The van der Waals surface area contributed by atoms with E-state index in [-0.39, 0.29) is 22.4 Å². The summed E-state index contributed by atoms with van der Waals surface area (Å²) in [6.07, 6.45) is 0. The topological polar surface area (TPSA) is 81.4 Å². The second-order valence-corrected chi connectivity index (χ2v) is 4.91. The predicted molar refractivity (Wildman–Crippen MR) is 74.9 cm³/mol.